The van der Waals surface area contributed by atoms with Gasteiger partial charge in [0.05, 0.1) is 6.61 Å². The van der Waals surface area contributed by atoms with Gasteiger partial charge in [0.25, 0.3) is 5.91 Å². The number of aliphatic hydroxyl groups is 1. The lowest BCUT2D eigenvalue weighted by Gasteiger charge is -2.34. The highest BCUT2D eigenvalue weighted by Crippen LogP contribution is 2.30. The Balaban J connectivity index is 1.54. The van der Waals surface area contributed by atoms with Crippen molar-refractivity contribution in [1.29, 1.82) is 0 Å². The normalized spacial score (nSPS) is 18.6. The van der Waals surface area contributed by atoms with Crippen LogP contribution in [-0.2, 0) is 11.2 Å². The fourth-order valence-corrected chi connectivity index (χ4v) is 3.70. The van der Waals surface area contributed by atoms with E-state index in [1.807, 2.05) is 24.3 Å². The summed E-state index contributed by atoms with van der Waals surface area (Å²) in [5.74, 6) is 0.557. The molecule has 1 saturated heterocycles. The second kappa shape index (κ2) is 7.40. The van der Waals surface area contributed by atoms with Gasteiger partial charge in [0.1, 0.15) is 11.8 Å². The summed E-state index contributed by atoms with van der Waals surface area (Å²) < 4.78 is 5.55. The molecule has 0 radical (unpaired) electrons. The molecule has 2 heterocycles. The van der Waals surface area contributed by atoms with Crippen molar-refractivity contribution < 1.29 is 19.4 Å². The Kier molecular flexibility index (Phi) is 4.81. The van der Waals surface area contributed by atoms with Gasteiger partial charge in [-0.2, -0.15) is 0 Å². The van der Waals surface area contributed by atoms with Crippen LogP contribution in [0, 0.1) is 0 Å². The van der Waals surface area contributed by atoms with Crippen LogP contribution in [0.2, 0.25) is 0 Å². The Labute approximate surface area is 157 Å². The van der Waals surface area contributed by atoms with E-state index in [1.54, 1.807) is 17.0 Å². The number of aliphatic hydroxyl groups excluding tert-OH is 1. The van der Waals surface area contributed by atoms with E-state index < -0.39 is 6.04 Å². The van der Waals surface area contributed by atoms with Crippen LogP contribution in [0.25, 0.3) is 11.1 Å². The molecular formula is C21H22N2O4. The summed E-state index contributed by atoms with van der Waals surface area (Å²) >= 11 is 0. The van der Waals surface area contributed by atoms with Gasteiger partial charge < -0.3 is 20.1 Å². The van der Waals surface area contributed by atoms with Crippen LogP contribution in [0.15, 0.2) is 42.5 Å². The smallest absolute Gasteiger partial charge is 0.254 e. The van der Waals surface area contributed by atoms with Gasteiger partial charge in [0, 0.05) is 31.7 Å². The number of fused-ring (bicyclic) bond motifs is 1. The Hall–Kier alpha value is -2.86. The zero-order chi connectivity index (χ0) is 18.8. The number of amides is 2. The molecule has 0 saturated carbocycles. The minimum absolute atomic E-state index is 0.136. The average molecular weight is 366 g/mol. The zero-order valence-electron chi connectivity index (χ0n) is 15.0. The van der Waals surface area contributed by atoms with Crippen LogP contribution >= 0.6 is 0 Å². The highest BCUT2D eigenvalue weighted by molar-refractivity contribution is 5.98. The monoisotopic (exact) mass is 366 g/mol. The second-order valence-corrected chi connectivity index (χ2v) is 6.82. The highest BCUT2D eigenvalue weighted by Gasteiger charge is 2.32. The van der Waals surface area contributed by atoms with Gasteiger partial charge in [-0.15, -0.1) is 0 Å². The molecule has 2 aliphatic rings. The van der Waals surface area contributed by atoms with Crippen LogP contribution in [0.5, 0.6) is 5.75 Å². The van der Waals surface area contributed by atoms with Gasteiger partial charge >= 0.3 is 0 Å². The number of ether oxygens (including phenoxy) is 1. The number of rotatable bonds is 4. The fraction of sp³-hybridized carbons (Fsp3) is 0.333. The first-order valence-electron chi connectivity index (χ1n) is 9.23. The number of hydrogen-bond acceptors (Lipinski definition) is 4. The third-order valence-corrected chi connectivity index (χ3v) is 5.15. The zero-order valence-corrected chi connectivity index (χ0v) is 15.0. The molecule has 1 fully saturated rings. The third kappa shape index (κ3) is 3.40. The van der Waals surface area contributed by atoms with Crippen molar-refractivity contribution in [3.8, 4) is 16.9 Å². The van der Waals surface area contributed by atoms with Crippen molar-refractivity contribution >= 4 is 11.8 Å². The van der Waals surface area contributed by atoms with Crippen LogP contribution in [-0.4, -0.2) is 54.2 Å². The molecule has 6 nitrogen and oxygen atoms in total. The van der Waals surface area contributed by atoms with E-state index in [4.69, 9.17) is 4.74 Å². The summed E-state index contributed by atoms with van der Waals surface area (Å²) in [7, 11) is 0. The van der Waals surface area contributed by atoms with Crippen molar-refractivity contribution in [3.05, 3.63) is 53.6 Å². The Bertz CT molecular complexity index is 863. The molecule has 140 valence electrons. The Morgan fingerprint density at radius 1 is 1.19 bits per heavy atom. The predicted octanol–water partition coefficient (Wildman–Crippen LogP) is 1.61. The molecule has 4 rings (SSSR count). The quantitative estimate of drug-likeness (QED) is 0.862. The first-order chi connectivity index (χ1) is 13.2. The van der Waals surface area contributed by atoms with Gasteiger partial charge in [-0.3, -0.25) is 9.59 Å². The molecule has 2 amide bonds. The Morgan fingerprint density at radius 2 is 1.96 bits per heavy atom. The van der Waals surface area contributed by atoms with E-state index in [2.05, 4.69) is 11.4 Å². The van der Waals surface area contributed by atoms with Crippen molar-refractivity contribution in [3.63, 3.8) is 0 Å². The number of nitrogens with one attached hydrogen (secondary N) is 1. The standard InChI is InChI=1S/C21H22N2O4/c24-11-7-18-20(25)22-9-10-23(18)21(26)15-3-1-14(2-4-15)16-5-6-19-17(13-16)8-12-27-19/h1-6,13,18,24H,7-12H2,(H,22,25)/t18-/m0/s1. The number of carbonyl (C=O) groups is 2. The summed E-state index contributed by atoms with van der Waals surface area (Å²) in [6.07, 6.45) is 1.16. The minimum Gasteiger partial charge on any atom is -0.493 e. The fourth-order valence-electron chi connectivity index (χ4n) is 3.70. The van der Waals surface area contributed by atoms with Gasteiger partial charge in [0.2, 0.25) is 5.91 Å². The van der Waals surface area contributed by atoms with Gasteiger partial charge in [-0.05, 0) is 47.4 Å². The first-order valence-corrected chi connectivity index (χ1v) is 9.23. The molecule has 0 aliphatic carbocycles. The van der Waals surface area contributed by atoms with Gasteiger partial charge in [-0.1, -0.05) is 18.2 Å². The third-order valence-electron chi connectivity index (χ3n) is 5.15. The predicted molar refractivity (Wildman–Crippen MR) is 101 cm³/mol. The van der Waals surface area contributed by atoms with Crippen molar-refractivity contribution in [2.45, 2.75) is 18.9 Å². The average Bonchev–Trinajstić information content (AvgIpc) is 3.17. The molecule has 1 atom stereocenters. The molecule has 0 spiro atoms. The molecule has 27 heavy (non-hydrogen) atoms. The number of piperazine rings is 1. The molecule has 2 aromatic rings. The molecule has 2 aromatic carbocycles. The maximum Gasteiger partial charge on any atom is 0.254 e. The van der Waals surface area contributed by atoms with E-state index in [0.29, 0.717) is 18.7 Å². The molecule has 2 N–H and O–H groups in total. The van der Waals surface area contributed by atoms with Crippen molar-refractivity contribution in [2.24, 2.45) is 0 Å². The molecule has 2 aliphatic heterocycles. The van der Waals surface area contributed by atoms with Crippen molar-refractivity contribution in [1.82, 2.24) is 10.2 Å². The second-order valence-electron chi connectivity index (χ2n) is 6.82. The van der Waals surface area contributed by atoms with Crippen LogP contribution in [0.3, 0.4) is 0 Å². The maximum atomic E-state index is 12.9. The largest absolute Gasteiger partial charge is 0.493 e. The van der Waals surface area contributed by atoms with E-state index in [9.17, 15) is 14.7 Å². The summed E-state index contributed by atoms with van der Waals surface area (Å²) in [6.45, 7) is 1.47. The topological polar surface area (TPSA) is 78.9 Å². The van der Waals surface area contributed by atoms with Gasteiger partial charge in [-0.25, -0.2) is 0 Å². The molecular weight excluding hydrogens is 344 g/mol. The Morgan fingerprint density at radius 3 is 2.74 bits per heavy atom. The molecule has 6 heteroatoms. The van der Waals surface area contributed by atoms with E-state index in [-0.39, 0.29) is 24.8 Å². The van der Waals surface area contributed by atoms with Crippen LogP contribution in [0.4, 0.5) is 0 Å². The van der Waals surface area contributed by atoms with E-state index >= 15 is 0 Å². The van der Waals surface area contributed by atoms with Crippen LogP contribution < -0.4 is 10.1 Å². The first kappa shape index (κ1) is 17.5. The molecule has 0 aromatic heterocycles. The lowest BCUT2D eigenvalue weighted by atomic mass is 10.00. The summed E-state index contributed by atoms with van der Waals surface area (Å²) in [5, 5.41) is 12.0. The van der Waals surface area contributed by atoms with Crippen molar-refractivity contribution in [2.75, 3.05) is 26.3 Å². The minimum atomic E-state index is -0.618. The number of nitrogens with zero attached hydrogens (tertiary/aromatic N) is 1. The SMILES string of the molecule is O=C1NCCN(C(=O)c2ccc(-c3ccc4c(c3)CCO4)cc2)[C@H]1CCO. The number of carbonyl (C=O) groups excluding carboxylic acids is 2. The lowest BCUT2D eigenvalue weighted by molar-refractivity contribution is -0.128. The van der Waals surface area contributed by atoms with Gasteiger partial charge in [0.15, 0.2) is 0 Å². The number of benzene rings is 2. The van der Waals surface area contributed by atoms with E-state index in [0.717, 1.165) is 29.9 Å². The van der Waals surface area contributed by atoms with E-state index in [1.165, 1.54) is 5.56 Å². The summed E-state index contributed by atoms with van der Waals surface area (Å²) in [5.41, 5.74) is 3.87. The summed E-state index contributed by atoms with van der Waals surface area (Å²) in [4.78, 5) is 26.5. The molecule has 0 unspecified atom stereocenters. The lowest BCUT2D eigenvalue weighted by Crippen LogP contribution is -2.57. The van der Waals surface area contributed by atoms with Crippen LogP contribution in [0.1, 0.15) is 22.3 Å². The summed E-state index contributed by atoms with van der Waals surface area (Å²) in [6, 6.07) is 13.0. The highest BCUT2D eigenvalue weighted by atomic mass is 16.5. The molecule has 0 bridgehead atoms. The maximum absolute atomic E-state index is 12.9. The number of hydrogen-bond donors (Lipinski definition) is 2.